The normalized spacial score (nSPS) is 13.1. The summed E-state index contributed by atoms with van der Waals surface area (Å²) in [6.07, 6.45) is 4.02. The van der Waals surface area contributed by atoms with Crippen LogP contribution in [0.2, 0.25) is 0 Å². The molecule has 0 aliphatic rings. The van der Waals surface area contributed by atoms with E-state index in [-0.39, 0.29) is 5.38 Å². The molecule has 0 N–H and O–H groups in total. The number of hydrogen-bond acceptors (Lipinski definition) is 1. The molecular formula is C12H20BrClN2. The van der Waals surface area contributed by atoms with Gasteiger partial charge in [-0.2, -0.15) is 5.10 Å². The van der Waals surface area contributed by atoms with Crippen molar-refractivity contribution >= 4 is 27.5 Å². The van der Waals surface area contributed by atoms with E-state index < -0.39 is 0 Å². The van der Waals surface area contributed by atoms with Gasteiger partial charge in [0, 0.05) is 11.9 Å². The maximum Gasteiger partial charge on any atom is 0.0766 e. The van der Waals surface area contributed by atoms with E-state index in [0.717, 1.165) is 37.9 Å². The van der Waals surface area contributed by atoms with Crippen LogP contribution in [0.5, 0.6) is 0 Å². The van der Waals surface area contributed by atoms with Crippen molar-refractivity contribution in [2.24, 2.45) is 0 Å². The molecule has 0 spiro atoms. The largest absolute Gasteiger partial charge is 0.268 e. The first-order valence-electron chi connectivity index (χ1n) is 6.02. The van der Waals surface area contributed by atoms with Gasteiger partial charge in [-0.05, 0) is 48.5 Å². The average Bonchev–Trinajstić information content (AvgIpc) is 2.62. The summed E-state index contributed by atoms with van der Waals surface area (Å²) in [4.78, 5) is 0. The highest BCUT2D eigenvalue weighted by Crippen LogP contribution is 2.24. The summed E-state index contributed by atoms with van der Waals surface area (Å²) in [6, 6.07) is 0. The highest BCUT2D eigenvalue weighted by atomic mass is 79.9. The highest BCUT2D eigenvalue weighted by Gasteiger charge is 2.14. The lowest BCUT2D eigenvalue weighted by molar-refractivity contribution is 0.595. The van der Waals surface area contributed by atoms with E-state index >= 15 is 0 Å². The Labute approximate surface area is 111 Å². The third kappa shape index (κ3) is 3.24. The van der Waals surface area contributed by atoms with Crippen LogP contribution in [0.3, 0.4) is 0 Å². The van der Waals surface area contributed by atoms with Crippen LogP contribution in [0.1, 0.15) is 45.0 Å². The molecule has 0 saturated heterocycles. The van der Waals surface area contributed by atoms with Crippen molar-refractivity contribution in [3.8, 4) is 0 Å². The van der Waals surface area contributed by atoms with E-state index in [9.17, 15) is 0 Å². The minimum atomic E-state index is 0.275. The number of halogens is 2. The lowest BCUT2D eigenvalue weighted by Gasteiger charge is -2.08. The quantitative estimate of drug-likeness (QED) is 0.721. The van der Waals surface area contributed by atoms with Gasteiger partial charge in [-0.15, -0.1) is 11.6 Å². The summed E-state index contributed by atoms with van der Waals surface area (Å²) in [5, 5.41) is 4.85. The lowest BCUT2D eigenvalue weighted by atomic mass is 10.1. The predicted molar refractivity (Wildman–Crippen MR) is 73.2 cm³/mol. The molecule has 0 aliphatic heterocycles. The Kier molecular flexibility index (Phi) is 5.84. The van der Waals surface area contributed by atoms with Crippen LogP contribution < -0.4 is 0 Å². The van der Waals surface area contributed by atoms with Crippen LogP contribution >= 0.6 is 27.5 Å². The fraction of sp³-hybridized carbons (Fsp3) is 0.750. The van der Waals surface area contributed by atoms with Crippen LogP contribution in [-0.2, 0) is 19.4 Å². The van der Waals surface area contributed by atoms with Gasteiger partial charge in [0.05, 0.1) is 15.9 Å². The summed E-state index contributed by atoms with van der Waals surface area (Å²) in [5.74, 6) is 0. The maximum absolute atomic E-state index is 6.16. The van der Waals surface area contributed by atoms with Crippen LogP contribution in [-0.4, -0.2) is 15.2 Å². The molecular weight excluding hydrogens is 288 g/mol. The zero-order valence-corrected chi connectivity index (χ0v) is 12.6. The van der Waals surface area contributed by atoms with E-state index in [2.05, 4.69) is 46.5 Å². The van der Waals surface area contributed by atoms with Crippen LogP contribution in [0.4, 0.5) is 0 Å². The Balaban J connectivity index is 2.80. The number of nitrogens with zero attached hydrogens (tertiary/aromatic N) is 2. The van der Waals surface area contributed by atoms with Gasteiger partial charge in [0.25, 0.3) is 0 Å². The Morgan fingerprint density at radius 2 is 2.06 bits per heavy atom. The zero-order chi connectivity index (χ0) is 12.1. The van der Waals surface area contributed by atoms with E-state index in [1.807, 2.05) is 0 Å². The Hall–Kier alpha value is -0.0200. The number of aromatic nitrogens is 2. The van der Waals surface area contributed by atoms with Crippen LogP contribution in [0, 0.1) is 0 Å². The fourth-order valence-electron chi connectivity index (χ4n) is 1.75. The van der Waals surface area contributed by atoms with Gasteiger partial charge >= 0.3 is 0 Å². The first-order chi connectivity index (χ1) is 7.63. The minimum absolute atomic E-state index is 0.275. The summed E-state index contributed by atoms with van der Waals surface area (Å²) >= 11 is 9.81. The molecule has 92 valence electrons. The topological polar surface area (TPSA) is 17.8 Å². The Morgan fingerprint density at radius 1 is 1.38 bits per heavy atom. The number of rotatable bonds is 6. The Bertz CT molecular complexity index is 336. The van der Waals surface area contributed by atoms with Gasteiger partial charge < -0.3 is 0 Å². The molecule has 0 fully saturated rings. The molecule has 16 heavy (non-hydrogen) atoms. The molecule has 1 heterocycles. The molecule has 1 unspecified atom stereocenters. The highest BCUT2D eigenvalue weighted by molar-refractivity contribution is 9.10. The number of aryl methyl sites for hydroxylation is 2. The standard InChI is InChI=1S/C12H20BrClN2/c1-4-9(14)7-8-11-12(13)10(5-2)15-16(11)6-3/h9H,4-8H2,1-3H3. The van der Waals surface area contributed by atoms with Gasteiger partial charge in [-0.25, -0.2) is 0 Å². The molecule has 0 radical (unpaired) electrons. The summed E-state index contributed by atoms with van der Waals surface area (Å²) in [6.45, 7) is 7.31. The molecule has 1 rings (SSSR count). The third-order valence-corrected chi connectivity index (χ3v) is 4.27. The van der Waals surface area contributed by atoms with Gasteiger partial charge in [-0.1, -0.05) is 13.8 Å². The van der Waals surface area contributed by atoms with Gasteiger partial charge in [0.1, 0.15) is 0 Å². The molecule has 0 aliphatic carbocycles. The predicted octanol–water partition coefficient (Wildman–Crippen LogP) is 4.18. The molecule has 0 amide bonds. The minimum Gasteiger partial charge on any atom is -0.268 e. The zero-order valence-electron chi connectivity index (χ0n) is 10.3. The lowest BCUT2D eigenvalue weighted by Crippen LogP contribution is -2.06. The molecule has 0 bridgehead atoms. The first kappa shape index (κ1) is 14.0. The van der Waals surface area contributed by atoms with Crippen molar-refractivity contribution in [1.82, 2.24) is 9.78 Å². The van der Waals surface area contributed by atoms with Crippen molar-refractivity contribution in [3.05, 3.63) is 15.9 Å². The summed E-state index contributed by atoms with van der Waals surface area (Å²) in [7, 11) is 0. The molecule has 0 saturated carbocycles. The van der Waals surface area contributed by atoms with Crippen molar-refractivity contribution in [2.45, 2.75) is 58.4 Å². The monoisotopic (exact) mass is 306 g/mol. The molecule has 0 aromatic carbocycles. The maximum atomic E-state index is 6.16. The second kappa shape index (κ2) is 6.65. The molecule has 1 atom stereocenters. The van der Waals surface area contributed by atoms with E-state index in [4.69, 9.17) is 11.6 Å². The Morgan fingerprint density at radius 3 is 2.56 bits per heavy atom. The van der Waals surface area contributed by atoms with Crippen molar-refractivity contribution in [2.75, 3.05) is 0 Å². The fourth-order valence-corrected chi connectivity index (χ4v) is 2.63. The summed E-state index contributed by atoms with van der Waals surface area (Å²) in [5.41, 5.74) is 2.44. The van der Waals surface area contributed by atoms with Gasteiger partial charge in [0.15, 0.2) is 0 Å². The summed E-state index contributed by atoms with van der Waals surface area (Å²) < 4.78 is 3.26. The van der Waals surface area contributed by atoms with Crippen molar-refractivity contribution in [1.29, 1.82) is 0 Å². The second-order valence-corrected chi connectivity index (χ2v) is 5.33. The van der Waals surface area contributed by atoms with Gasteiger partial charge in [-0.3, -0.25) is 4.68 Å². The van der Waals surface area contributed by atoms with Crippen molar-refractivity contribution < 1.29 is 0 Å². The number of alkyl halides is 1. The van der Waals surface area contributed by atoms with Gasteiger partial charge in [0.2, 0.25) is 0 Å². The first-order valence-corrected chi connectivity index (χ1v) is 7.24. The van der Waals surface area contributed by atoms with Crippen molar-refractivity contribution in [3.63, 3.8) is 0 Å². The van der Waals surface area contributed by atoms with E-state index in [1.165, 1.54) is 10.2 Å². The smallest absolute Gasteiger partial charge is 0.0766 e. The second-order valence-electron chi connectivity index (χ2n) is 3.92. The molecule has 2 nitrogen and oxygen atoms in total. The molecule has 4 heteroatoms. The molecule has 1 aromatic heterocycles. The third-order valence-electron chi connectivity index (χ3n) is 2.83. The SMILES string of the molecule is CCc1nn(CC)c(CCC(Cl)CC)c1Br. The van der Waals surface area contributed by atoms with E-state index in [1.54, 1.807) is 0 Å². The molecule has 1 aromatic rings. The van der Waals surface area contributed by atoms with Crippen LogP contribution in [0.15, 0.2) is 4.47 Å². The average molecular weight is 308 g/mol. The number of hydrogen-bond donors (Lipinski definition) is 0. The van der Waals surface area contributed by atoms with E-state index in [0.29, 0.717) is 0 Å². The van der Waals surface area contributed by atoms with Crippen LogP contribution in [0.25, 0.3) is 0 Å².